The second-order valence-electron chi connectivity index (χ2n) is 4.18. The van der Waals surface area contributed by atoms with Gasteiger partial charge in [-0.2, -0.15) is 11.8 Å². The summed E-state index contributed by atoms with van der Waals surface area (Å²) in [6.07, 6.45) is 2.45. The van der Waals surface area contributed by atoms with Gasteiger partial charge in [0.25, 0.3) is 5.91 Å². The molecular weight excluding hydrogens is 264 g/mol. The van der Waals surface area contributed by atoms with Crippen LogP contribution in [0.25, 0.3) is 0 Å². The Balaban J connectivity index is 2.10. The van der Waals surface area contributed by atoms with Gasteiger partial charge in [-0.25, -0.2) is 0 Å². The van der Waals surface area contributed by atoms with E-state index in [0.29, 0.717) is 11.3 Å². The zero-order valence-electron chi connectivity index (χ0n) is 10.5. The highest BCUT2D eigenvalue weighted by Crippen LogP contribution is 2.12. The first-order chi connectivity index (χ1) is 9.22. The number of nitrogens with zero attached hydrogens (tertiary/aromatic N) is 3. The van der Waals surface area contributed by atoms with E-state index in [4.69, 9.17) is 10.9 Å². The number of aromatic nitrogens is 1. The van der Waals surface area contributed by atoms with Crippen LogP contribution in [0.4, 0.5) is 0 Å². The molecule has 2 heterocycles. The number of thioether (sulfide) groups is 1. The highest BCUT2D eigenvalue weighted by Gasteiger charge is 2.18. The molecule has 2 rings (SSSR count). The Hall–Kier alpha value is -1.76. The minimum Gasteiger partial charge on any atom is -0.409 e. The van der Waals surface area contributed by atoms with Crippen LogP contribution < -0.4 is 5.73 Å². The number of carbonyl (C=O) groups excluding carboxylic acids is 1. The van der Waals surface area contributed by atoms with Gasteiger partial charge >= 0.3 is 0 Å². The monoisotopic (exact) mass is 280 g/mol. The number of pyridine rings is 1. The van der Waals surface area contributed by atoms with Gasteiger partial charge in [0, 0.05) is 30.6 Å². The molecule has 0 saturated carbocycles. The van der Waals surface area contributed by atoms with Crippen LogP contribution in [0, 0.1) is 0 Å². The smallest absolute Gasteiger partial charge is 0.272 e. The van der Waals surface area contributed by atoms with Crippen LogP contribution in [0.15, 0.2) is 23.5 Å². The summed E-state index contributed by atoms with van der Waals surface area (Å²) in [6.45, 7) is 1.53. The van der Waals surface area contributed by atoms with Crippen molar-refractivity contribution in [2.24, 2.45) is 10.9 Å². The first kappa shape index (κ1) is 13.7. The maximum absolute atomic E-state index is 12.2. The predicted molar refractivity (Wildman–Crippen MR) is 74.6 cm³/mol. The molecule has 0 radical (unpaired) electrons. The van der Waals surface area contributed by atoms with Crippen molar-refractivity contribution in [2.45, 2.75) is 6.42 Å². The molecule has 7 heteroatoms. The van der Waals surface area contributed by atoms with Gasteiger partial charge < -0.3 is 15.8 Å². The Kier molecular flexibility index (Phi) is 4.62. The lowest BCUT2D eigenvalue weighted by Gasteiger charge is -2.19. The fraction of sp³-hybridized carbons (Fsp3) is 0.417. The molecule has 1 amide bonds. The summed E-state index contributed by atoms with van der Waals surface area (Å²) in [5.74, 6) is 1.99. The molecule has 1 fully saturated rings. The Morgan fingerprint density at radius 2 is 2.26 bits per heavy atom. The zero-order valence-corrected chi connectivity index (χ0v) is 11.3. The van der Waals surface area contributed by atoms with E-state index in [-0.39, 0.29) is 11.7 Å². The van der Waals surface area contributed by atoms with Crippen molar-refractivity contribution in [1.29, 1.82) is 0 Å². The largest absolute Gasteiger partial charge is 0.409 e. The molecule has 0 aliphatic carbocycles. The Morgan fingerprint density at radius 3 is 2.95 bits per heavy atom. The number of hydrogen-bond donors (Lipinski definition) is 2. The third-order valence-electron chi connectivity index (χ3n) is 2.90. The van der Waals surface area contributed by atoms with Crippen LogP contribution in [-0.4, -0.2) is 51.4 Å². The number of amidine groups is 1. The molecular formula is C12H16N4O2S. The summed E-state index contributed by atoms with van der Waals surface area (Å²) in [6, 6.07) is 3.23. The quantitative estimate of drug-likeness (QED) is 0.361. The lowest BCUT2D eigenvalue weighted by molar-refractivity contribution is 0.0762. The molecule has 0 spiro atoms. The van der Waals surface area contributed by atoms with Crippen LogP contribution in [0.5, 0.6) is 0 Å². The van der Waals surface area contributed by atoms with Gasteiger partial charge in [0.2, 0.25) is 0 Å². The molecule has 1 saturated heterocycles. The zero-order chi connectivity index (χ0) is 13.7. The Bertz CT molecular complexity index is 467. The third-order valence-corrected chi connectivity index (χ3v) is 3.94. The first-order valence-corrected chi connectivity index (χ1v) is 7.19. The summed E-state index contributed by atoms with van der Waals surface area (Å²) in [7, 11) is 0. The average molecular weight is 280 g/mol. The van der Waals surface area contributed by atoms with Gasteiger partial charge in [-0.05, 0) is 24.3 Å². The van der Waals surface area contributed by atoms with Gasteiger partial charge in [0.1, 0.15) is 5.69 Å². The molecule has 1 aromatic rings. The summed E-state index contributed by atoms with van der Waals surface area (Å²) in [4.78, 5) is 18.2. The van der Waals surface area contributed by atoms with Gasteiger partial charge in [-0.15, -0.1) is 0 Å². The molecule has 0 unspecified atom stereocenters. The summed E-state index contributed by atoms with van der Waals surface area (Å²) in [5, 5.41) is 11.5. The molecule has 6 nitrogen and oxygen atoms in total. The number of oxime groups is 1. The van der Waals surface area contributed by atoms with E-state index in [1.165, 1.54) is 6.20 Å². The molecule has 3 N–H and O–H groups in total. The minimum absolute atomic E-state index is 0.0160. The predicted octanol–water partition coefficient (Wildman–Crippen LogP) is 0.755. The van der Waals surface area contributed by atoms with E-state index in [1.54, 1.807) is 12.1 Å². The van der Waals surface area contributed by atoms with E-state index in [9.17, 15) is 4.79 Å². The van der Waals surface area contributed by atoms with Crippen molar-refractivity contribution < 1.29 is 10.0 Å². The third kappa shape index (κ3) is 3.37. The van der Waals surface area contributed by atoms with Crippen molar-refractivity contribution in [3.63, 3.8) is 0 Å². The maximum Gasteiger partial charge on any atom is 0.272 e. The fourth-order valence-corrected chi connectivity index (χ4v) is 2.73. The Morgan fingerprint density at radius 1 is 1.42 bits per heavy atom. The molecule has 1 aliphatic heterocycles. The minimum atomic E-state index is -0.0615. The normalized spacial score (nSPS) is 17.1. The van der Waals surface area contributed by atoms with Crippen molar-refractivity contribution in [3.8, 4) is 0 Å². The summed E-state index contributed by atoms with van der Waals surface area (Å²) >= 11 is 1.87. The van der Waals surface area contributed by atoms with Crippen LogP contribution in [0.3, 0.4) is 0 Å². The molecule has 1 aromatic heterocycles. The van der Waals surface area contributed by atoms with Gasteiger partial charge in [0.15, 0.2) is 5.84 Å². The molecule has 102 valence electrons. The topological polar surface area (TPSA) is 91.8 Å². The molecule has 0 bridgehead atoms. The van der Waals surface area contributed by atoms with Crippen LogP contribution >= 0.6 is 11.8 Å². The van der Waals surface area contributed by atoms with E-state index >= 15 is 0 Å². The van der Waals surface area contributed by atoms with Crippen LogP contribution in [0.1, 0.15) is 22.5 Å². The van der Waals surface area contributed by atoms with Crippen LogP contribution in [0.2, 0.25) is 0 Å². The van der Waals surface area contributed by atoms with Gasteiger partial charge in [0.05, 0.1) is 0 Å². The van der Waals surface area contributed by atoms with E-state index in [2.05, 4.69) is 10.1 Å². The number of rotatable bonds is 2. The number of amides is 1. The molecule has 0 atom stereocenters. The Labute approximate surface area is 115 Å². The van der Waals surface area contributed by atoms with Gasteiger partial charge in [-0.3, -0.25) is 9.78 Å². The van der Waals surface area contributed by atoms with Crippen molar-refractivity contribution in [1.82, 2.24) is 9.88 Å². The lowest BCUT2D eigenvalue weighted by atomic mass is 10.2. The van der Waals surface area contributed by atoms with Gasteiger partial charge in [-0.1, -0.05) is 5.16 Å². The van der Waals surface area contributed by atoms with Crippen molar-refractivity contribution in [3.05, 3.63) is 29.6 Å². The number of nitrogens with two attached hydrogens (primary N) is 1. The lowest BCUT2D eigenvalue weighted by Crippen LogP contribution is -2.33. The highest BCUT2D eigenvalue weighted by molar-refractivity contribution is 7.99. The second kappa shape index (κ2) is 6.42. The average Bonchev–Trinajstić information content (AvgIpc) is 2.75. The maximum atomic E-state index is 12.2. The number of carbonyl (C=O) groups is 1. The summed E-state index contributed by atoms with van der Waals surface area (Å²) < 4.78 is 0. The molecule has 0 aromatic carbocycles. The van der Waals surface area contributed by atoms with Crippen LogP contribution in [-0.2, 0) is 0 Å². The van der Waals surface area contributed by atoms with Crippen molar-refractivity contribution >= 4 is 23.5 Å². The molecule has 19 heavy (non-hydrogen) atoms. The SMILES string of the molecule is NC(=NO)c1ccc(C(=O)N2CCCSCC2)nc1. The van der Waals surface area contributed by atoms with E-state index < -0.39 is 0 Å². The van der Waals surface area contributed by atoms with E-state index in [0.717, 1.165) is 31.0 Å². The standard InChI is InChI=1S/C12H16N4O2S/c13-11(15-18)9-2-3-10(14-8-9)12(17)16-4-1-6-19-7-5-16/h2-3,8,18H,1,4-7H2,(H2,13,15). The second-order valence-corrected chi connectivity index (χ2v) is 5.40. The fourth-order valence-electron chi connectivity index (χ4n) is 1.84. The highest BCUT2D eigenvalue weighted by atomic mass is 32.2. The van der Waals surface area contributed by atoms with E-state index in [1.807, 2.05) is 16.7 Å². The van der Waals surface area contributed by atoms with Crippen molar-refractivity contribution in [2.75, 3.05) is 24.6 Å². The number of hydrogen-bond acceptors (Lipinski definition) is 5. The first-order valence-electron chi connectivity index (χ1n) is 6.03. The molecule has 1 aliphatic rings. The summed E-state index contributed by atoms with van der Waals surface area (Å²) in [5.41, 5.74) is 6.33.